The Balaban J connectivity index is 1.03. The van der Waals surface area contributed by atoms with Gasteiger partial charge in [0.25, 0.3) is 5.91 Å². The molecular weight excluding hydrogens is 456 g/mol. The predicted molar refractivity (Wildman–Crippen MR) is 134 cm³/mol. The van der Waals surface area contributed by atoms with E-state index in [-0.39, 0.29) is 23.3 Å². The summed E-state index contributed by atoms with van der Waals surface area (Å²) in [5.74, 6) is 0.632. The van der Waals surface area contributed by atoms with Crippen LogP contribution in [0.1, 0.15) is 47.8 Å². The Morgan fingerprint density at radius 1 is 1.08 bits per heavy atom. The van der Waals surface area contributed by atoms with Crippen LogP contribution in [0.5, 0.6) is 0 Å². The molecule has 0 radical (unpaired) electrons. The molecule has 190 valence electrons. The number of carbonyl (C=O) groups is 2. The second-order valence-corrected chi connectivity index (χ2v) is 11.1. The van der Waals surface area contributed by atoms with Crippen LogP contribution >= 0.6 is 0 Å². The molecule has 9 nitrogen and oxygen atoms in total. The molecule has 1 aromatic carbocycles. The summed E-state index contributed by atoms with van der Waals surface area (Å²) >= 11 is 0. The van der Waals surface area contributed by atoms with E-state index in [4.69, 9.17) is 0 Å². The maximum absolute atomic E-state index is 13.2. The number of aliphatic hydroxyl groups is 1. The highest BCUT2D eigenvalue weighted by molar-refractivity contribution is 5.93. The number of aromatic nitrogens is 2. The van der Waals surface area contributed by atoms with E-state index in [0.717, 1.165) is 51.9 Å². The number of likely N-dealkylation sites (tertiary alicyclic amines) is 2. The average Bonchev–Trinajstić information content (AvgIpc) is 2.83. The summed E-state index contributed by atoms with van der Waals surface area (Å²) in [7, 11) is 0. The van der Waals surface area contributed by atoms with Crippen molar-refractivity contribution in [3.8, 4) is 0 Å². The predicted octanol–water partition coefficient (Wildman–Crippen LogP) is 1.53. The lowest BCUT2D eigenvalue weighted by Crippen LogP contribution is -2.65. The first-order chi connectivity index (χ1) is 17.4. The minimum Gasteiger partial charge on any atom is -0.390 e. The Morgan fingerprint density at radius 3 is 2.61 bits per heavy atom. The number of β-amino-alcohol motifs (C(OH)–C–C–N with tert-alkyl or cyclic N) is 1. The third kappa shape index (κ3) is 4.35. The molecule has 3 fully saturated rings. The van der Waals surface area contributed by atoms with Gasteiger partial charge in [-0.05, 0) is 36.8 Å². The van der Waals surface area contributed by atoms with Gasteiger partial charge in [0.15, 0.2) is 0 Å². The van der Waals surface area contributed by atoms with Crippen LogP contribution in [-0.2, 0) is 17.8 Å². The fourth-order valence-electron chi connectivity index (χ4n) is 6.59. The van der Waals surface area contributed by atoms with Crippen molar-refractivity contribution in [2.45, 2.75) is 57.3 Å². The maximum atomic E-state index is 13.2. The van der Waals surface area contributed by atoms with Gasteiger partial charge in [-0.3, -0.25) is 14.5 Å². The van der Waals surface area contributed by atoms with Crippen molar-refractivity contribution < 1.29 is 14.7 Å². The zero-order chi connectivity index (χ0) is 24.9. The standard InChI is InChI=1S/C27H34N6O3/c1-18(34)33-15-27(16-33)11-21(12-27)30-25-10-22(28-17-29-25)26(36)32-9-7-23(24(35)14-32)31-8-6-19-4-2-3-5-20(19)13-31/h2-5,10,17,21,23-24,35H,6-9,11-16H2,1H3,(H,28,29,30)/t23-,24-/m1/s1. The van der Waals surface area contributed by atoms with Gasteiger partial charge in [-0.25, -0.2) is 9.97 Å². The van der Waals surface area contributed by atoms with Gasteiger partial charge in [-0.2, -0.15) is 0 Å². The highest BCUT2D eigenvalue weighted by Crippen LogP contribution is 2.49. The molecule has 9 heteroatoms. The minimum absolute atomic E-state index is 0.0569. The first-order valence-electron chi connectivity index (χ1n) is 13.0. The summed E-state index contributed by atoms with van der Waals surface area (Å²) in [5.41, 5.74) is 3.34. The fourth-order valence-corrected chi connectivity index (χ4v) is 6.59. The van der Waals surface area contributed by atoms with Gasteiger partial charge < -0.3 is 20.2 Å². The molecule has 2 aromatic rings. The number of benzene rings is 1. The number of fused-ring (bicyclic) bond motifs is 1. The Labute approximate surface area is 211 Å². The lowest BCUT2D eigenvalue weighted by Gasteiger charge is -2.59. The van der Waals surface area contributed by atoms with Crippen LogP contribution < -0.4 is 5.32 Å². The van der Waals surface area contributed by atoms with Gasteiger partial charge >= 0.3 is 0 Å². The van der Waals surface area contributed by atoms with E-state index >= 15 is 0 Å². The van der Waals surface area contributed by atoms with E-state index < -0.39 is 6.10 Å². The van der Waals surface area contributed by atoms with E-state index in [1.54, 1.807) is 17.9 Å². The van der Waals surface area contributed by atoms with E-state index in [1.165, 1.54) is 17.5 Å². The molecule has 4 heterocycles. The molecule has 36 heavy (non-hydrogen) atoms. The van der Waals surface area contributed by atoms with Crippen LogP contribution in [0.25, 0.3) is 0 Å². The third-order valence-electron chi connectivity index (χ3n) is 8.56. The van der Waals surface area contributed by atoms with Crippen LogP contribution in [0.15, 0.2) is 36.7 Å². The topological polar surface area (TPSA) is 102 Å². The number of piperidine rings is 1. The molecule has 1 aliphatic carbocycles. The summed E-state index contributed by atoms with van der Waals surface area (Å²) in [6.07, 6.45) is 4.59. The number of hydrogen-bond donors (Lipinski definition) is 2. The van der Waals surface area contributed by atoms with Gasteiger partial charge in [0.05, 0.1) is 6.10 Å². The number of nitrogens with one attached hydrogen (secondary N) is 1. The van der Waals surface area contributed by atoms with Crippen molar-refractivity contribution in [1.82, 2.24) is 24.7 Å². The number of amides is 2. The summed E-state index contributed by atoms with van der Waals surface area (Å²) in [4.78, 5) is 39.2. The lowest BCUT2D eigenvalue weighted by molar-refractivity contribution is -0.147. The first kappa shape index (κ1) is 23.4. The maximum Gasteiger partial charge on any atom is 0.272 e. The molecular formula is C27H34N6O3. The summed E-state index contributed by atoms with van der Waals surface area (Å²) in [5, 5.41) is 14.4. The smallest absolute Gasteiger partial charge is 0.272 e. The molecule has 2 saturated heterocycles. The Morgan fingerprint density at radius 2 is 1.86 bits per heavy atom. The normalized spacial score (nSPS) is 25.6. The first-order valence-corrected chi connectivity index (χ1v) is 13.0. The minimum atomic E-state index is -0.587. The molecule has 1 aromatic heterocycles. The van der Waals surface area contributed by atoms with Gasteiger partial charge in [0.1, 0.15) is 17.8 Å². The van der Waals surface area contributed by atoms with Crippen molar-refractivity contribution in [1.29, 1.82) is 0 Å². The number of nitrogens with zero attached hydrogens (tertiary/aromatic N) is 5. The van der Waals surface area contributed by atoms with Crippen molar-refractivity contribution in [2.24, 2.45) is 5.41 Å². The van der Waals surface area contributed by atoms with Crippen LogP contribution in [0.2, 0.25) is 0 Å². The molecule has 2 N–H and O–H groups in total. The van der Waals surface area contributed by atoms with E-state index in [0.29, 0.717) is 30.6 Å². The number of aliphatic hydroxyl groups excluding tert-OH is 1. The highest BCUT2D eigenvalue weighted by Gasteiger charge is 2.53. The number of carbonyl (C=O) groups excluding carboxylic acids is 2. The molecule has 0 unspecified atom stereocenters. The molecule has 6 rings (SSSR count). The molecule has 4 aliphatic rings. The lowest BCUT2D eigenvalue weighted by atomic mass is 9.60. The Bertz CT molecular complexity index is 1160. The van der Waals surface area contributed by atoms with Gasteiger partial charge in [0, 0.05) is 69.8 Å². The number of anilines is 1. The second kappa shape index (κ2) is 9.12. The van der Waals surface area contributed by atoms with E-state index in [2.05, 4.69) is 44.5 Å². The average molecular weight is 491 g/mol. The van der Waals surface area contributed by atoms with Crippen LogP contribution in [-0.4, -0.2) is 92.5 Å². The van der Waals surface area contributed by atoms with Gasteiger partial charge in [-0.15, -0.1) is 0 Å². The van der Waals surface area contributed by atoms with Crippen molar-refractivity contribution in [2.75, 3.05) is 38.0 Å². The van der Waals surface area contributed by atoms with Crippen LogP contribution in [0.4, 0.5) is 5.82 Å². The SMILES string of the molecule is CC(=O)N1CC2(CC(Nc3cc(C(=O)N4CC[C@@H](N5CCc6ccccc6C5)[C@H](O)C4)ncn3)C2)C1. The zero-order valence-electron chi connectivity index (χ0n) is 20.8. The molecule has 3 aliphatic heterocycles. The van der Waals surface area contributed by atoms with E-state index in [9.17, 15) is 14.7 Å². The second-order valence-electron chi connectivity index (χ2n) is 11.1. The molecule has 2 amide bonds. The van der Waals surface area contributed by atoms with Crippen molar-refractivity contribution in [3.05, 3.63) is 53.5 Å². The number of rotatable bonds is 4. The monoisotopic (exact) mass is 490 g/mol. The van der Waals surface area contributed by atoms with Crippen molar-refractivity contribution >= 4 is 17.6 Å². The largest absolute Gasteiger partial charge is 0.390 e. The zero-order valence-corrected chi connectivity index (χ0v) is 20.8. The summed E-state index contributed by atoms with van der Waals surface area (Å²) < 4.78 is 0. The summed E-state index contributed by atoms with van der Waals surface area (Å²) in [6, 6.07) is 10.6. The molecule has 0 bridgehead atoms. The third-order valence-corrected chi connectivity index (χ3v) is 8.56. The Kier molecular flexibility index (Phi) is 5.92. The van der Waals surface area contributed by atoms with Gasteiger partial charge in [0.2, 0.25) is 5.91 Å². The summed E-state index contributed by atoms with van der Waals surface area (Å²) in [6.45, 7) is 6.00. The molecule has 1 spiro atoms. The highest BCUT2D eigenvalue weighted by atomic mass is 16.3. The van der Waals surface area contributed by atoms with Crippen LogP contribution in [0.3, 0.4) is 0 Å². The number of hydrogen-bond acceptors (Lipinski definition) is 7. The fraction of sp³-hybridized carbons (Fsp3) is 0.556. The molecule has 2 atom stereocenters. The quantitative estimate of drug-likeness (QED) is 0.670. The Hall–Kier alpha value is -3.04. The van der Waals surface area contributed by atoms with Crippen molar-refractivity contribution in [3.63, 3.8) is 0 Å². The molecule has 1 saturated carbocycles. The van der Waals surface area contributed by atoms with Crippen LogP contribution in [0, 0.1) is 5.41 Å². The van der Waals surface area contributed by atoms with Gasteiger partial charge in [-0.1, -0.05) is 24.3 Å². The van der Waals surface area contributed by atoms with E-state index in [1.807, 2.05) is 4.90 Å².